The Kier molecular flexibility index (Phi) is 5.42. The normalized spacial score (nSPS) is 10.8. The largest absolute Gasteiger partial charge is 0.465 e. The van der Waals surface area contributed by atoms with Gasteiger partial charge in [0, 0.05) is 13.0 Å². The molecular formula is C11H18N2O2S. The monoisotopic (exact) mass is 242 g/mol. The van der Waals surface area contributed by atoms with E-state index in [0.29, 0.717) is 4.88 Å². The zero-order chi connectivity index (χ0) is 12.0. The standard InChI is InChI=1S/C11H18N2O2S/c1-4-13(5-2)7-6-10-12-8-9(16-10)11(14)15-3/h8H,4-7H2,1-3H3. The van der Waals surface area contributed by atoms with Crippen LogP contribution in [0, 0.1) is 0 Å². The van der Waals surface area contributed by atoms with E-state index >= 15 is 0 Å². The third-order valence-electron chi connectivity index (χ3n) is 2.48. The summed E-state index contributed by atoms with van der Waals surface area (Å²) in [6, 6.07) is 0. The maximum atomic E-state index is 11.2. The van der Waals surface area contributed by atoms with Crippen molar-refractivity contribution in [3.05, 3.63) is 16.1 Å². The molecule has 0 N–H and O–H groups in total. The third-order valence-corrected chi connectivity index (χ3v) is 3.51. The number of nitrogens with zero attached hydrogens (tertiary/aromatic N) is 2. The predicted molar refractivity (Wildman–Crippen MR) is 64.9 cm³/mol. The number of aromatic nitrogens is 1. The first-order valence-electron chi connectivity index (χ1n) is 5.46. The number of ether oxygens (including phenoxy) is 1. The van der Waals surface area contributed by atoms with Crippen LogP contribution in [0.25, 0.3) is 0 Å². The average molecular weight is 242 g/mol. The van der Waals surface area contributed by atoms with E-state index in [9.17, 15) is 4.79 Å². The minimum atomic E-state index is -0.299. The molecule has 0 amide bonds. The van der Waals surface area contributed by atoms with Gasteiger partial charge in [-0.3, -0.25) is 0 Å². The Balaban J connectivity index is 2.49. The van der Waals surface area contributed by atoms with Gasteiger partial charge in [0.2, 0.25) is 0 Å². The molecule has 5 heteroatoms. The fourth-order valence-corrected chi connectivity index (χ4v) is 2.24. The molecule has 0 spiro atoms. The van der Waals surface area contributed by atoms with Crippen molar-refractivity contribution in [3.63, 3.8) is 0 Å². The van der Waals surface area contributed by atoms with E-state index in [-0.39, 0.29) is 5.97 Å². The lowest BCUT2D eigenvalue weighted by Gasteiger charge is -2.16. The molecule has 1 heterocycles. The number of rotatable bonds is 6. The van der Waals surface area contributed by atoms with Gasteiger partial charge in [0.15, 0.2) is 0 Å². The van der Waals surface area contributed by atoms with Crippen LogP contribution < -0.4 is 0 Å². The number of esters is 1. The van der Waals surface area contributed by atoms with Gasteiger partial charge in [-0.2, -0.15) is 0 Å². The van der Waals surface area contributed by atoms with Crippen LogP contribution in [0.3, 0.4) is 0 Å². The molecule has 4 nitrogen and oxygen atoms in total. The van der Waals surface area contributed by atoms with Gasteiger partial charge in [0.1, 0.15) is 4.88 Å². The van der Waals surface area contributed by atoms with Crippen LogP contribution in [0.4, 0.5) is 0 Å². The van der Waals surface area contributed by atoms with E-state index in [4.69, 9.17) is 0 Å². The quantitative estimate of drug-likeness (QED) is 0.714. The summed E-state index contributed by atoms with van der Waals surface area (Å²) in [5.41, 5.74) is 0. The highest BCUT2D eigenvalue weighted by molar-refractivity contribution is 7.13. The van der Waals surface area contributed by atoms with Gasteiger partial charge in [0.05, 0.1) is 18.3 Å². The molecule has 0 aliphatic carbocycles. The van der Waals surface area contributed by atoms with Crippen molar-refractivity contribution in [3.8, 4) is 0 Å². The fourth-order valence-electron chi connectivity index (χ4n) is 1.41. The Morgan fingerprint density at radius 1 is 1.50 bits per heavy atom. The smallest absolute Gasteiger partial charge is 0.349 e. The van der Waals surface area contributed by atoms with Gasteiger partial charge in [0.25, 0.3) is 0 Å². The first-order chi connectivity index (χ1) is 7.71. The van der Waals surface area contributed by atoms with Gasteiger partial charge in [-0.1, -0.05) is 13.8 Å². The van der Waals surface area contributed by atoms with Gasteiger partial charge in [-0.05, 0) is 13.1 Å². The molecule has 0 radical (unpaired) electrons. The average Bonchev–Trinajstić information content (AvgIpc) is 2.78. The molecule has 1 aromatic rings. The summed E-state index contributed by atoms with van der Waals surface area (Å²) < 4.78 is 4.64. The molecule has 0 bridgehead atoms. The second-order valence-corrected chi connectivity index (χ2v) is 4.50. The molecule has 0 aromatic carbocycles. The van der Waals surface area contributed by atoms with Crippen molar-refractivity contribution in [1.29, 1.82) is 0 Å². The molecule has 0 aliphatic rings. The van der Waals surface area contributed by atoms with Crippen molar-refractivity contribution >= 4 is 17.3 Å². The topological polar surface area (TPSA) is 42.4 Å². The van der Waals surface area contributed by atoms with Crippen LogP contribution in [0.5, 0.6) is 0 Å². The highest BCUT2D eigenvalue weighted by Gasteiger charge is 2.10. The van der Waals surface area contributed by atoms with E-state index in [1.165, 1.54) is 18.4 Å². The summed E-state index contributed by atoms with van der Waals surface area (Å²) in [4.78, 5) is 18.3. The van der Waals surface area contributed by atoms with E-state index in [2.05, 4.69) is 28.5 Å². The third kappa shape index (κ3) is 3.57. The van der Waals surface area contributed by atoms with Crippen LogP contribution in [0.15, 0.2) is 6.20 Å². The minimum absolute atomic E-state index is 0.299. The molecule has 0 aliphatic heterocycles. The Labute approximate surface area is 100 Å². The second kappa shape index (κ2) is 6.60. The van der Waals surface area contributed by atoms with Crippen LogP contribution in [-0.2, 0) is 11.2 Å². The Hall–Kier alpha value is -0.940. The van der Waals surface area contributed by atoms with Crippen molar-refractivity contribution in [2.24, 2.45) is 0 Å². The summed E-state index contributed by atoms with van der Waals surface area (Å²) in [5.74, 6) is -0.299. The molecule has 0 atom stereocenters. The number of carbonyl (C=O) groups is 1. The maximum Gasteiger partial charge on any atom is 0.349 e. The second-order valence-electron chi connectivity index (χ2n) is 3.39. The van der Waals surface area contributed by atoms with Gasteiger partial charge < -0.3 is 9.64 Å². The first-order valence-corrected chi connectivity index (χ1v) is 6.28. The fraction of sp³-hybridized carbons (Fsp3) is 0.636. The highest BCUT2D eigenvalue weighted by atomic mass is 32.1. The zero-order valence-electron chi connectivity index (χ0n) is 10.0. The van der Waals surface area contributed by atoms with Crippen LogP contribution >= 0.6 is 11.3 Å². The molecule has 16 heavy (non-hydrogen) atoms. The molecule has 0 unspecified atom stereocenters. The zero-order valence-corrected chi connectivity index (χ0v) is 10.8. The summed E-state index contributed by atoms with van der Waals surface area (Å²) in [6.45, 7) is 7.37. The van der Waals surface area contributed by atoms with Gasteiger partial charge in [-0.15, -0.1) is 11.3 Å². The van der Waals surface area contributed by atoms with E-state index in [1.807, 2.05) is 0 Å². The Morgan fingerprint density at radius 3 is 2.75 bits per heavy atom. The number of hydrogen-bond donors (Lipinski definition) is 0. The summed E-state index contributed by atoms with van der Waals surface area (Å²) in [6.07, 6.45) is 2.48. The Bertz CT molecular complexity index is 334. The van der Waals surface area contributed by atoms with Crippen molar-refractivity contribution < 1.29 is 9.53 Å². The van der Waals surface area contributed by atoms with E-state index in [1.54, 1.807) is 6.20 Å². The molecule has 1 aromatic heterocycles. The minimum Gasteiger partial charge on any atom is -0.465 e. The lowest BCUT2D eigenvalue weighted by molar-refractivity contribution is 0.0606. The lowest BCUT2D eigenvalue weighted by atomic mass is 10.4. The Morgan fingerprint density at radius 2 is 2.19 bits per heavy atom. The van der Waals surface area contributed by atoms with Crippen LogP contribution in [0.2, 0.25) is 0 Å². The predicted octanol–water partition coefficient (Wildman–Crippen LogP) is 1.81. The van der Waals surface area contributed by atoms with Gasteiger partial charge in [-0.25, -0.2) is 9.78 Å². The SMILES string of the molecule is CCN(CC)CCc1ncc(C(=O)OC)s1. The molecule has 0 saturated carbocycles. The van der Waals surface area contributed by atoms with Crippen molar-refractivity contribution in [1.82, 2.24) is 9.88 Å². The number of methoxy groups -OCH3 is 1. The summed E-state index contributed by atoms with van der Waals surface area (Å²) >= 11 is 1.42. The summed E-state index contributed by atoms with van der Waals surface area (Å²) in [5, 5.41) is 0.993. The molecule has 0 fully saturated rings. The van der Waals surface area contributed by atoms with Crippen LogP contribution in [-0.4, -0.2) is 42.6 Å². The molecule has 1 rings (SSSR count). The number of likely N-dealkylation sites (N-methyl/N-ethyl adjacent to an activating group) is 1. The summed E-state index contributed by atoms with van der Waals surface area (Å²) in [7, 11) is 1.39. The van der Waals surface area contributed by atoms with Crippen molar-refractivity contribution in [2.75, 3.05) is 26.7 Å². The molecule has 90 valence electrons. The highest BCUT2D eigenvalue weighted by Crippen LogP contribution is 2.14. The first kappa shape index (κ1) is 13.1. The molecule has 0 saturated heterocycles. The number of carbonyl (C=O) groups excluding carboxylic acids is 1. The lowest BCUT2D eigenvalue weighted by Crippen LogP contribution is -2.25. The van der Waals surface area contributed by atoms with Crippen LogP contribution in [0.1, 0.15) is 28.5 Å². The number of hydrogen-bond acceptors (Lipinski definition) is 5. The van der Waals surface area contributed by atoms with Crippen molar-refractivity contribution in [2.45, 2.75) is 20.3 Å². The van der Waals surface area contributed by atoms with E-state index in [0.717, 1.165) is 31.1 Å². The number of thiazole rings is 1. The molecular weight excluding hydrogens is 224 g/mol. The maximum absolute atomic E-state index is 11.2. The van der Waals surface area contributed by atoms with Gasteiger partial charge >= 0.3 is 5.97 Å². The van der Waals surface area contributed by atoms with E-state index < -0.39 is 0 Å².